The highest BCUT2D eigenvalue weighted by atomic mass is 79.9. The summed E-state index contributed by atoms with van der Waals surface area (Å²) in [5.74, 6) is 0.285. The van der Waals surface area contributed by atoms with Gasteiger partial charge in [-0.25, -0.2) is 13.1 Å². The van der Waals surface area contributed by atoms with E-state index in [9.17, 15) is 13.2 Å². The van der Waals surface area contributed by atoms with Crippen LogP contribution >= 0.6 is 15.9 Å². The molecule has 8 nitrogen and oxygen atoms in total. The van der Waals surface area contributed by atoms with E-state index in [4.69, 9.17) is 9.26 Å². The number of aryl methyl sites for hydroxylation is 2. The summed E-state index contributed by atoms with van der Waals surface area (Å²) in [4.78, 5) is 12.3. The van der Waals surface area contributed by atoms with Crippen molar-refractivity contribution in [2.45, 2.75) is 38.5 Å². The van der Waals surface area contributed by atoms with Crippen molar-refractivity contribution in [2.75, 3.05) is 16.6 Å². The fourth-order valence-corrected chi connectivity index (χ4v) is 4.44. The van der Waals surface area contributed by atoms with Crippen molar-refractivity contribution >= 4 is 43.4 Å². The molecule has 0 saturated carbocycles. The zero-order valence-electron chi connectivity index (χ0n) is 17.9. The molecule has 2 aromatic carbocycles. The van der Waals surface area contributed by atoms with Gasteiger partial charge in [0.1, 0.15) is 5.75 Å². The predicted molar refractivity (Wildman–Crippen MR) is 125 cm³/mol. The normalized spacial score (nSPS) is 11.2. The minimum Gasteiger partial charge on any atom is -0.483 e. The van der Waals surface area contributed by atoms with Gasteiger partial charge in [0, 0.05) is 11.3 Å². The van der Waals surface area contributed by atoms with Crippen LogP contribution in [-0.2, 0) is 21.2 Å². The van der Waals surface area contributed by atoms with Gasteiger partial charge in [0.05, 0.1) is 15.1 Å². The summed E-state index contributed by atoms with van der Waals surface area (Å²) in [5.41, 5.74) is 2.85. The van der Waals surface area contributed by atoms with Crippen LogP contribution in [-0.4, -0.2) is 26.1 Å². The van der Waals surface area contributed by atoms with Crippen molar-refractivity contribution in [2.24, 2.45) is 0 Å². The number of sulfonamides is 1. The van der Waals surface area contributed by atoms with Gasteiger partial charge in [0.2, 0.25) is 5.88 Å². The maximum Gasteiger partial charge on any atom is 0.264 e. The van der Waals surface area contributed by atoms with Crippen LogP contribution in [0, 0.1) is 13.8 Å². The number of hydrogen-bond donors (Lipinski definition) is 2. The van der Waals surface area contributed by atoms with Crippen LogP contribution in [0.3, 0.4) is 0 Å². The van der Waals surface area contributed by atoms with Crippen LogP contribution in [0.1, 0.15) is 30.2 Å². The first kappa shape index (κ1) is 23.8. The Hall–Kier alpha value is -2.85. The molecule has 32 heavy (non-hydrogen) atoms. The molecule has 0 saturated heterocycles. The van der Waals surface area contributed by atoms with Gasteiger partial charge in [-0.3, -0.25) is 4.79 Å². The number of benzene rings is 2. The number of amides is 1. The maximum atomic E-state index is 12.5. The number of carbonyl (C=O) groups excluding carboxylic acids is 1. The Kier molecular flexibility index (Phi) is 7.57. The van der Waals surface area contributed by atoms with E-state index in [0.717, 1.165) is 17.3 Å². The zero-order chi connectivity index (χ0) is 23.3. The van der Waals surface area contributed by atoms with Gasteiger partial charge in [-0.2, -0.15) is 0 Å². The van der Waals surface area contributed by atoms with Gasteiger partial charge < -0.3 is 14.6 Å². The molecule has 0 atom stereocenters. The van der Waals surface area contributed by atoms with E-state index in [1.54, 1.807) is 13.8 Å². The van der Waals surface area contributed by atoms with Crippen molar-refractivity contribution in [3.05, 3.63) is 63.8 Å². The molecule has 3 aromatic rings. The van der Waals surface area contributed by atoms with Crippen LogP contribution in [0.15, 0.2) is 56.4 Å². The lowest BCUT2D eigenvalue weighted by Gasteiger charge is -2.11. The fraction of sp³-hybridized carbons (Fsp3) is 0.273. The Morgan fingerprint density at radius 3 is 2.47 bits per heavy atom. The average Bonchev–Trinajstić information content (AvgIpc) is 3.05. The lowest BCUT2D eigenvalue weighted by molar-refractivity contribution is -0.118. The lowest BCUT2D eigenvalue weighted by Crippen LogP contribution is -2.20. The molecule has 0 bridgehead atoms. The second kappa shape index (κ2) is 10.2. The molecule has 0 unspecified atom stereocenters. The minimum absolute atomic E-state index is 0.0244. The SMILES string of the molecule is CCCc1ccc(OCC(=O)Nc2ccc(S(=O)(=O)Nc3onc(C)c3C)cc2)c(Br)c1. The van der Waals surface area contributed by atoms with Gasteiger partial charge >= 0.3 is 0 Å². The molecule has 0 aliphatic rings. The highest BCUT2D eigenvalue weighted by Gasteiger charge is 2.19. The molecule has 0 aliphatic heterocycles. The monoisotopic (exact) mass is 521 g/mol. The quantitative estimate of drug-likeness (QED) is 0.417. The van der Waals surface area contributed by atoms with Crippen LogP contribution < -0.4 is 14.8 Å². The summed E-state index contributed by atoms with van der Waals surface area (Å²) in [7, 11) is -3.85. The van der Waals surface area contributed by atoms with Crippen molar-refractivity contribution in [3.63, 3.8) is 0 Å². The molecular weight excluding hydrogens is 498 g/mol. The summed E-state index contributed by atoms with van der Waals surface area (Å²) in [6, 6.07) is 11.6. The van der Waals surface area contributed by atoms with Gasteiger partial charge in [0.15, 0.2) is 6.61 Å². The largest absolute Gasteiger partial charge is 0.483 e. The Morgan fingerprint density at radius 1 is 1.16 bits per heavy atom. The van der Waals surface area contributed by atoms with Gasteiger partial charge in [-0.05, 0) is 78.2 Å². The molecule has 170 valence electrons. The molecule has 0 aliphatic carbocycles. The topological polar surface area (TPSA) is 111 Å². The van der Waals surface area contributed by atoms with E-state index >= 15 is 0 Å². The number of anilines is 2. The smallest absolute Gasteiger partial charge is 0.264 e. The first-order valence-corrected chi connectivity index (χ1v) is 12.2. The molecule has 1 heterocycles. The third-order valence-corrected chi connectivity index (χ3v) is 6.69. The summed E-state index contributed by atoms with van der Waals surface area (Å²) in [5, 5.41) is 6.41. The van der Waals surface area contributed by atoms with Crippen LogP contribution in [0.5, 0.6) is 5.75 Å². The minimum atomic E-state index is -3.85. The van der Waals surface area contributed by atoms with Gasteiger partial charge in [-0.15, -0.1) is 0 Å². The van der Waals surface area contributed by atoms with Gasteiger partial charge in [0.25, 0.3) is 15.9 Å². The first-order chi connectivity index (χ1) is 15.2. The second-order valence-electron chi connectivity index (χ2n) is 7.20. The highest BCUT2D eigenvalue weighted by molar-refractivity contribution is 9.10. The van der Waals surface area contributed by atoms with E-state index in [-0.39, 0.29) is 23.3 Å². The highest BCUT2D eigenvalue weighted by Crippen LogP contribution is 2.27. The fourth-order valence-electron chi connectivity index (χ4n) is 2.85. The van der Waals surface area contributed by atoms with Crippen molar-refractivity contribution in [1.82, 2.24) is 5.16 Å². The summed E-state index contributed by atoms with van der Waals surface area (Å²) >= 11 is 3.46. The first-order valence-electron chi connectivity index (χ1n) is 9.96. The molecule has 0 radical (unpaired) electrons. The van der Waals surface area contributed by atoms with Crippen molar-refractivity contribution in [3.8, 4) is 5.75 Å². The van der Waals surface area contributed by atoms with Crippen LogP contribution in [0.4, 0.5) is 11.6 Å². The Morgan fingerprint density at radius 2 is 1.88 bits per heavy atom. The average molecular weight is 522 g/mol. The number of rotatable bonds is 9. The molecule has 0 fully saturated rings. The standard InChI is InChI=1S/C22H24BrN3O5S/c1-4-5-16-6-11-20(19(23)12-16)30-13-21(27)24-17-7-9-18(10-8-17)32(28,29)26-22-14(2)15(3)25-31-22/h6-12,26H,4-5,13H2,1-3H3,(H,24,27). The number of carbonyl (C=O) groups is 1. The van der Waals surface area contributed by atoms with E-state index in [1.807, 2.05) is 18.2 Å². The third-order valence-electron chi connectivity index (χ3n) is 4.73. The molecule has 2 N–H and O–H groups in total. The summed E-state index contributed by atoms with van der Waals surface area (Å²) in [6.45, 7) is 5.36. The van der Waals surface area contributed by atoms with Crippen molar-refractivity contribution in [1.29, 1.82) is 0 Å². The Balaban J connectivity index is 1.58. The molecule has 1 amide bonds. The predicted octanol–water partition coefficient (Wildman–Crippen LogP) is 4.82. The van der Waals surface area contributed by atoms with E-state index in [0.29, 0.717) is 22.7 Å². The number of nitrogens with one attached hydrogen (secondary N) is 2. The molecule has 10 heteroatoms. The Labute approximate surface area is 195 Å². The zero-order valence-corrected chi connectivity index (χ0v) is 20.3. The number of aromatic nitrogens is 1. The number of nitrogens with zero attached hydrogens (tertiary/aromatic N) is 1. The van der Waals surface area contributed by atoms with Crippen molar-refractivity contribution < 1.29 is 22.5 Å². The molecule has 3 rings (SSSR count). The maximum absolute atomic E-state index is 12.5. The van der Waals surface area contributed by atoms with Gasteiger partial charge in [-0.1, -0.05) is 24.6 Å². The number of halogens is 1. The van der Waals surface area contributed by atoms with E-state index in [1.165, 1.54) is 29.8 Å². The summed E-state index contributed by atoms with van der Waals surface area (Å²) in [6.07, 6.45) is 2.02. The molecular formula is C22H24BrN3O5S. The summed E-state index contributed by atoms with van der Waals surface area (Å²) < 4.78 is 38.8. The Bertz CT molecular complexity index is 1210. The van der Waals surface area contributed by atoms with Crippen LogP contribution in [0.2, 0.25) is 0 Å². The number of hydrogen-bond acceptors (Lipinski definition) is 6. The number of ether oxygens (including phenoxy) is 1. The van der Waals surface area contributed by atoms with Crippen LogP contribution in [0.25, 0.3) is 0 Å². The van der Waals surface area contributed by atoms with E-state index < -0.39 is 10.0 Å². The second-order valence-corrected chi connectivity index (χ2v) is 9.74. The molecule has 0 spiro atoms. The third kappa shape index (κ3) is 5.89. The van der Waals surface area contributed by atoms with E-state index in [2.05, 4.69) is 38.0 Å². The molecule has 1 aromatic heterocycles. The lowest BCUT2D eigenvalue weighted by atomic mass is 10.1.